The van der Waals surface area contributed by atoms with Gasteiger partial charge in [-0.1, -0.05) is 6.92 Å². The minimum absolute atomic E-state index is 0.344. The molecular weight excluding hydrogens is 306 g/mol. The zero-order chi connectivity index (χ0) is 15.5. The first-order valence-electron chi connectivity index (χ1n) is 6.67. The van der Waals surface area contributed by atoms with Gasteiger partial charge in [0.2, 0.25) is 0 Å². The first-order valence-corrected chi connectivity index (χ1v) is 8.97. The number of hydrogen-bond donors (Lipinski definition) is 2. The molecule has 0 aliphatic heterocycles. The van der Waals surface area contributed by atoms with Crippen molar-refractivity contribution in [1.29, 1.82) is 0 Å². The standard InChI is InChI=1S/C14H19N3O2S2/c1-4-15-9-12-7-14(11(3)20-12)21(18,19)17-13-5-6-16-8-10(13)2/h5-8,15H,4,9H2,1-3H3,(H,16,17). The number of anilines is 1. The van der Waals surface area contributed by atoms with Gasteiger partial charge in [0, 0.05) is 28.7 Å². The predicted octanol–water partition coefficient (Wildman–Crippen LogP) is 2.67. The SMILES string of the molecule is CCNCc1cc(S(=O)(=O)Nc2ccncc2C)c(C)s1. The van der Waals surface area contributed by atoms with E-state index in [9.17, 15) is 8.42 Å². The molecule has 0 spiro atoms. The maximum absolute atomic E-state index is 12.5. The van der Waals surface area contributed by atoms with Crippen molar-refractivity contribution in [3.63, 3.8) is 0 Å². The highest BCUT2D eigenvalue weighted by atomic mass is 32.2. The lowest BCUT2D eigenvalue weighted by Gasteiger charge is -2.09. The molecule has 0 aliphatic carbocycles. The van der Waals surface area contributed by atoms with E-state index in [-0.39, 0.29) is 0 Å². The Morgan fingerprint density at radius 2 is 2.10 bits per heavy atom. The second-order valence-corrected chi connectivity index (χ2v) is 7.70. The number of aryl methyl sites for hydroxylation is 2. The van der Waals surface area contributed by atoms with Gasteiger partial charge in [0.25, 0.3) is 10.0 Å². The summed E-state index contributed by atoms with van der Waals surface area (Å²) in [4.78, 5) is 6.11. The van der Waals surface area contributed by atoms with E-state index in [0.717, 1.165) is 21.9 Å². The highest BCUT2D eigenvalue weighted by Gasteiger charge is 2.20. The summed E-state index contributed by atoms with van der Waals surface area (Å²) in [6.07, 6.45) is 3.21. The van der Waals surface area contributed by atoms with Crippen molar-refractivity contribution in [3.05, 3.63) is 39.8 Å². The zero-order valence-corrected chi connectivity index (χ0v) is 13.9. The van der Waals surface area contributed by atoms with E-state index < -0.39 is 10.0 Å². The topological polar surface area (TPSA) is 71.1 Å². The van der Waals surface area contributed by atoms with Gasteiger partial charge in [-0.15, -0.1) is 11.3 Å². The van der Waals surface area contributed by atoms with E-state index in [1.54, 1.807) is 24.5 Å². The number of pyridine rings is 1. The van der Waals surface area contributed by atoms with Crippen molar-refractivity contribution in [2.24, 2.45) is 0 Å². The number of sulfonamides is 1. The van der Waals surface area contributed by atoms with Crippen LogP contribution < -0.4 is 10.0 Å². The van der Waals surface area contributed by atoms with Gasteiger partial charge in [-0.2, -0.15) is 0 Å². The summed E-state index contributed by atoms with van der Waals surface area (Å²) in [6, 6.07) is 3.40. The molecule has 0 amide bonds. The van der Waals surface area contributed by atoms with Crippen molar-refractivity contribution in [3.8, 4) is 0 Å². The third-order valence-corrected chi connectivity index (χ3v) is 5.70. The summed E-state index contributed by atoms with van der Waals surface area (Å²) in [7, 11) is -3.57. The fourth-order valence-electron chi connectivity index (χ4n) is 1.91. The monoisotopic (exact) mass is 325 g/mol. The van der Waals surface area contributed by atoms with E-state index in [0.29, 0.717) is 17.1 Å². The van der Waals surface area contributed by atoms with Crippen LogP contribution >= 0.6 is 11.3 Å². The number of nitrogens with zero attached hydrogens (tertiary/aromatic N) is 1. The summed E-state index contributed by atoms with van der Waals surface area (Å²) in [5.74, 6) is 0. The van der Waals surface area contributed by atoms with Crippen LogP contribution in [0.25, 0.3) is 0 Å². The van der Waals surface area contributed by atoms with Crippen LogP contribution in [-0.2, 0) is 16.6 Å². The highest BCUT2D eigenvalue weighted by molar-refractivity contribution is 7.93. The minimum Gasteiger partial charge on any atom is -0.312 e. The Labute approximate surface area is 129 Å². The van der Waals surface area contributed by atoms with Gasteiger partial charge in [0.15, 0.2) is 0 Å². The molecule has 0 unspecified atom stereocenters. The molecule has 0 aliphatic rings. The van der Waals surface area contributed by atoms with Gasteiger partial charge in [0.05, 0.1) is 5.69 Å². The molecule has 0 aromatic carbocycles. The molecule has 7 heteroatoms. The van der Waals surface area contributed by atoms with Gasteiger partial charge < -0.3 is 5.32 Å². The molecule has 0 radical (unpaired) electrons. The largest absolute Gasteiger partial charge is 0.312 e. The Morgan fingerprint density at radius 3 is 2.76 bits per heavy atom. The second kappa shape index (κ2) is 6.55. The van der Waals surface area contributed by atoms with Crippen LogP contribution in [0.1, 0.15) is 22.2 Å². The molecule has 0 saturated heterocycles. The number of rotatable bonds is 6. The third kappa shape index (κ3) is 3.81. The smallest absolute Gasteiger partial charge is 0.263 e. The van der Waals surface area contributed by atoms with Crippen LogP contribution in [0.2, 0.25) is 0 Å². The van der Waals surface area contributed by atoms with Gasteiger partial charge in [-0.3, -0.25) is 9.71 Å². The molecular formula is C14H19N3O2S2. The average molecular weight is 325 g/mol. The van der Waals surface area contributed by atoms with Crippen molar-refractivity contribution in [2.45, 2.75) is 32.2 Å². The molecule has 2 aromatic heterocycles. The molecule has 114 valence electrons. The quantitative estimate of drug-likeness (QED) is 0.856. The Kier molecular flexibility index (Phi) is 4.97. The van der Waals surface area contributed by atoms with Crippen LogP contribution in [0.5, 0.6) is 0 Å². The number of nitrogens with one attached hydrogen (secondary N) is 2. The summed E-state index contributed by atoms with van der Waals surface area (Å²) < 4.78 is 27.7. The van der Waals surface area contributed by atoms with Crippen LogP contribution in [0.3, 0.4) is 0 Å². The van der Waals surface area contributed by atoms with Gasteiger partial charge in [-0.25, -0.2) is 8.42 Å². The number of aromatic nitrogens is 1. The molecule has 21 heavy (non-hydrogen) atoms. The molecule has 5 nitrogen and oxygen atoms in total. The van der Waals surface area contributed by atoms with E-state index in [2.05, 4.69) is 15.0 Å². The fraction of sp³-hybridized carbons (Fsp3) is 0.357. The Hall–Kier alpha value is -1.44. The van der Waals surface area contributed by atoms with Crippen molar-refractivity contribution < 1.29 is 8.42 Å². The lowest BCUT2D eigenvalue weighted by atomic mass is 10.3. The summed E-state index contributed by atoms with van der Waals surface area (Å²) in [5.41, 5.74) is 1.35. The minimum atomic E-state index is -3.57. The maximum Gasteiger partial charge on any atom is 0.263 e. The highest BCUT2D eigenvalue weighted by Crippen LogP contribution is 2.28. The normalized spacial score (nSPS) is 11.6. The molecule has 2 rings (SSSR count). The molecule has 2 N–H and O–H groups in total. The van der Waals surface area contributed by atoms with Crippen LogP contribution in [0.4, 0.5) is 5.69 Å². The fourth-order valence-corrected chi connectivity index (χ4v) is 4.65. The van der Waals surface area contributed by atoms with E-state index in [1.807, 2.05) is 20.8 Å². The van der Waals surface area contributed by atoms with Crippen molar-refractivity contribution >= 4 is 27.0 Å². The van der Waals surface area contributed by atoms with E-state index >= 15 is 0 Å². The first-order chi connectivity index (χ1) is 9.94. The first kappa shape index (κ1) is 15.9. The molecule has 0 saturated carbocycles. The Morgan fingerprint density at radius 1 is 1.33 bits per heavy atom. The third-order valence-electron chi connectivity index (χ3n) is 3.03. The van der Waals surface area contributed by atoms with Crippen molar-refractivity contribution in [1.82, 2.24) is 10.3 Å². The number of thiophene rings is 1. The maximum atomic E-state index is 12.5. The second-order valence-electron chi connectivity index (χ2n) is 4.71. The molecule has 2 aromatic rings. The lowest BCUT2D eigenvalue weighted by Crippen LogP contribution is -2.14. The molecule has 0 atom stereocenters. The van der Waals surface area contributed by atoms with Gasteiger partial charge in [0.1, 0.15) is 4.90 Å². The van der Waals surface area contributed by atoms with E-state index in [1.165, 1.54) is 11.3 Å². The summed E-state index contributed by atoms with van der Waals surface area (Å²) in [5, 5.41) is 3.20. The van der Waals surface area contributed by atoms with Crippen LogP contribution in [0.15, 0.2) is 29.4 Å². The van der Waals surface area contributed by atoms with E-state index in [4.69, 9.17) is 0 Å². The van der Waals surface area contributed by atoms with Crippen LogP contribution in [-0.4, -0.2) is 19.9 Å². The zero-order valence-electron chi connectivity index (χ0n) is 12.3. The van der Waals surface area contributed by atoms with Gasteiger partial charge in [-0.05, 0) is 38.1 Å². The summed E-state index contributed by atoms with van der Waals surface area (Å²) in [6.45, 7) is 7.21. The van der Waals surface area contributed by atoms with Crippen LogP contribution in [0, 0.1) is 13.8 Å². The molecule has 0 fully saturated rings. The summed E-state index contributed by atoms with van der Waals surface area (Å²) >= 11 is 1.50. The predicted molar refractivity (Wildman–Crippen MR) is 86.2 cm³/mol. The van der Waals surface area contributed by atoms with Crippen molar-refractivity contribution in [2.75, 3.05) is 11.3 Å². The Balaban J connectivity index is 2.27. The number of hydrogen-bond acceptors (Lipinski definition) is 5. The lowest BCUT2D eigenvalue weighted by molar-refractivity contribution is 0.601. The Bertz CT molecular complexity index is 724. The average Bonchev–Trinajstić information content (AvgIpc) is 2.81. The molecule has 2 heterocycles. The molecule has 0 bridgehead atoms. The van der Waals surface area contributed by atoms with Gasteiger partial charge >= 0.3 is 0 Å².